The molecule has 20 heavy (non-hydrogen) atoms. The Hall–Kier alpha value is -1.46. The molecule has 1 amide bonds. The van der Waals surface area contributed by atoms with Gasteiger partial charge in [0.15, 0.2) is 0 Å². The first kappa shape index (κ1) is 14.9. The SMILES string of the molecule is CN(CC(=O)Nc1cccc(F)c1)CC1CCCCN1. The average Bonchev–Trinajstić information content (AvgIpc) is 2.39. The smallest absolute Gasteiger partial charge is 0.238 e. The highest BCUT2D eigenvalue weighted by molar-refractivity contribution is 5.92. The Kier molecular flexibility index (Phi) is 5.49. The van der Waals surface area contributed by atoms with Gasteiger partial charge in [0.05, 0.1) is 6.54 Å². The zero-order valence-corrected chi connectivity index (χ0v) is 11.9. The van der Waals surface area contributed by atoms with Crippen LogP contribution >= 0.6 is 0 Å². The Labute approximate surface area is 119 Å². The Morgan fingerprint density at radius 3 is 3.05 bits per heavy atom. The van der Waals surface area contributed by atoms with Crippen molar-refractivity contribution in [3.63, 3.8) is 0 Å². The number of nitrogens with one attached hydrogen (secondary N) is 2. The van der Waals surface area contributed by atoms with Gasteiger partial charge in [-0.1, -0.05) is 12.5 Å². The second kappa shape index (κ2) is 7.36. The molecule has 2 rings (SSSR count). The largest absolute Gasteiger partial charge is 0.325 e. The van der Waals surface area contributed by atoms with E-state index in [2.05, 4.69) is 10.6 Å². The number of nitrogens with zero attached hydrogens (tertiary/aromatic N) is 1. The van der Waals surface area contributed by atoms with Crippen molar-refractivity contribution in [2.45, 2.75) is 25.3 Å². The predicted molar refractivity (Wildman–Crippen MR) is 78.2 cm³/mol. The van der Waals surface area contributed by atoms with Crippen molar-refractivity contribution in [1.29, 1.82) is 0 Å². The van der Waals surface area contributed by atoms with Crippen LogP contribution < -0.4 is 10.6 Å². The number of anilines is 1. The number of halogens is 1. The number of hydrogen-bond donors (Lipinski definition) is 2. The molecule has 1 heterocycles. The average molecular weight is 279 g/mol. The fourth-order valence-electron chi connectivity index (χ4n) is 2.53. The molecular formula is C15H22FN3O. The minimum atomic E-state index is -0.345. The van der Waals surface area contributed by atoms with E-state index in [4.69, 9.17) is 0 Å². The van der Waals surface area contributed by atoms with E-state index in [0.29, 0.717) is 18.3 Å². The summed E-state index contributed by atoms with van der Waals surface area (Å²) in [6, 6.07) is 6.41. The van der Waals surface area contributed by atoms with Gasteiger partial charge in [-0.3, -0.25) is 9.69 Å². The molecule has 1 unspecified atom stereocenters. The molecule has 1 saturated heterocycles. The predicted octanol–water partition coefficient (Wildman–Crippen LogP) is 1.84. The van der Waals surface area contributed by atoms with Crippen LogP contribution in [0.4, 0.5) is 10.1 Å². The molecule has 1 aromatic carbocycles. The van der Waals surface area contributed by atoms with E-state index in [1.165, 1.54) is 25.0 Å². The number of carbonyl (C=O) groups excluding carboxylic acids is 1. The van der Waals surface area contributed by atoms with Gasteiger partial charge in [-0.25, -0.2) is 4.39 Å². The molecule has 1 fully saturated rings. The van der Waals surface area contributed by atoms with Crippen molar-refractivity contribution in [3.05, 3.63) is 30.1 Å². The Balaban J connectivity index is 1.75. The zero-order valence-electron chi connectivity index (χ0n) is 11.9. The minimum Gasteiger partial charge on any atom is -0.325 e. The molecule has 1 aliphatic heterocycles. The van der Waals surface area contributed by atoms with Gasteiger partial charge in [0.1, 0.15) is 5.82 Å². The van der Waals surface area contributed by atoms with E-state index in [1.54, 1.807) is 12.1 Å². The lowest BCUT2D eigenvalue weighted by molar-refractivity contribution is -0.117. The fourth-order valence-corrected chi connectivity index (χ4v) is 2.53. The standard InChI is InChI=1S/C15H22FN3O/c1-19(10-14-6-2-3-8-17-14)11-15(20)18-13-7-4-5-12(16)9-13/h4-5,7,9,14,17H,2-3,6,8,10-11H2,1H3,(H,18,20). The van der Waals surface area contributed by atoms with E-state index in [-0.39, 0.29) is 11.7 Å². The third-order valence-corrected chi connectivity index (χ3v) is 3.47. The number of hydrogen-bond acceptors (Lipinski definition) is 3. The minimum absolute atomic E-state index is 0.117. The highest BCUT2D eigenvalue weighted by atomic mass is 19.1. The van der Waals surface area contributed by atoms with Crippen LogP contribution in [-0.4, -0.2) is 43.5 Å². The van der Waals surface area contributed by atoms with Gasteiger partial charge in [0.2, 0.25) is 5.91 Å². The highest BCUT2D eigenvalue weighted by Gasteiger charge is 2.16. The summed E-state index contributed by atoms with van der Waals surface area (Å²) >= 11 is 0. The van der Waals surface area contributed by atoms with Crippen LogP contribution in [-0.2, 0) is 4.79 Å². The number of piperidine rings is 1. The molecule has 0 radical (unpaired) electrons. The van der Waals surface area contributed by atoms with E-state index >= 15 is 0 Å². The van der Waals surface area contributed by atoms with Crippen molar-refractivity contribution in [1.82, 2.24) is 10.2 Å². The van der Waals surface area contributed by atoms with E-state index in [9.17, 15) is 9.18 Å². The lowest BCUT2D eigenvalue weighted by Gasteiger charge is -2.27. The van der Waals surface area contributed by atoms with Crippen molar-refractivity contribution in [3.8, 4) is 0 Å². The van der Waals surface area contributed by atoms with Gasteiger partial charge in [0, 0.05) is 18.3 Å². The summed E-state index contributed by atoms with van der Waals surface area (Å²) < 4.78 is 13.0. The van der Waals surface area contributed by atoms with Gasteiger partial charge in [-0.2, -0.15) is 0 Å². The number of carbonyl (C=O) groups is 1. The van der Waals surface area contributed by atoms with Crippen LogP contribution in [0, 0.1) is 5.82 Å². The first-order valence-electron chi connectivity index (χ1n) is 7.11. The van der Waals surface area contributed by atoms with E-state index in [0.717, 1.165) is 19.5 Å². The van der Waals surface area contributed by atoms with E-state index in [1.807, 2.05) is 11.9 Å². The molecule has 0 saturated carbocycles. The number of benzene rings is 1. The maximum absolute atomic E-state index is 13.0. The van der Waals surface area contributed by atoms with Crippen LogP contribution in [0.25, 0.3) is 0 Å². The van der Waals surface area contributed by atoms with Crippen molar-refractivity contribution in [2.24, 2.45) is 0 Å². The summed E-state index contributed by atoms with van der Waals surface area (Å²) in [5.41, 5.74) is 0.499. The molecular weight excluding hydrogens is 257 g/mol. The molecule has 1 aliphatic rings. The second-order valence-electron chi connectivity index (χ2n) is 5.40. The van der Waals surface area contributed by atoms with Gasteiger partial charge in [-0.05, 0) is 44.6 Å². The van der Waals surface area contributed by atoms with Crippen LogP contribution in [0.2, 0.25) is 0 Å². The Morgan fingerprint density at radius 1 is 1.50 bits per heavy atom. The third kappa shape index (κ3) is 4.90. The maximum Gasteiger partial charge on any atom is 0.238 e. The lowest BCUT2D eigenvalue weighted by Crippen LogP contribution is -2.44. The molecule has 4 nitrogen and oxygen atoms in total. The van der Waals surface area contributed by atoms with E-state index < -0.39 is 0 Å². The van der Waals surface area contributed by atoms with Crippen molar-refractivity contribution in [2.75, 3.05) is 32.0 Å². The summed E-state index contributed by atoms with van der Waals surface area (Å²) in [6.07, 6.45) is 3.65. The number of likely N-dealkylation sites (N-methyl/N-ethyl adjacent to an activating group) is 1. The molecule has 0 spiro atoms. The monoisotopic (exact) mass is 279 g/mol. The first-order valence-corrected chi connectivity index (χ1v) is 7.11. The molecule has 110 valence electrons. The molecule has 1 aromatic rings. The fraction of sp³-hybridized carbons (Fsp3) is 0.533. The van der Waals surface area contributed by atoms with Crippen LogP contribution in [0.5, 0.6) is 0 Å². The second-order valence-corrected chi connectivity index (χ2v) is 5.40. The van der Waals surface area contributed by atoms with Crippen LogP contribution in [0.3, 0.4) is 0 Å². The normalized spacial score (nSPS) is 19.1. The Bertz CT molecular complexity index is 446. The maximum atomic E-state index is 13.0. The van der Waals surface area contributed by atoms with Crippen LogP contribution in [0.15, 0.2) is 24.3 Å². The van der Waals surface area contributed by atoms with Gasteiger partial charge in [0.25, 0.3) is 0 Å². The molecule has 0 bridgehead atoms. The van der Waals surface area contributed by atoms with Gasteiger partial charge < -0.3 is 10.6 Å². The third-order valence-electron chi connectivity index (χ3n) is 3.47. The molecule has 0 aliphatic carbocycles. The lowest BCUT2D eigenvalue weighted by atomic mass is 10.0. The van der Waals surface area contributed by atoms with Gasteiger partial charge in [-0.15, -0.1) is 0 Å². The quantitative estimate of drug-likeness (QED) is 0.864. The summed E-state index contributed by atoms with van der Waals surface area (Å²) in [6.45, 7) is 2.24. The highest BCUT2D eigenvalue weighted by Crippen LogP contribution is 2.10. The molecule has 1 atom stereocenters. The zero-order chi connectivity index (χ0) is 14.4. The van der Waals surface area contributed by atoms with Crippen molar-refractivity contribution < 1.29 is 9.18 Å². The first-order chi connectivity index (χ1) is 9.63. The summed E-state index contributed by atoms with van der Waals surface area (Å²) in [4.78, 5) is 13.9. The number of rotatable bonds is 5. The summed E-state index contributed by atoms with van der Waals surface area (Å²) in [5, 5.41) is 6.17. The number of amides is 1. The summed E-state index contributed by atoms with van der Waals surface area (Å²) in [5.74, 6) is -0.462. The molecule has 0 aromatic heterocycles. The molecule has 2 N–H and O–H groups in total. The van der Waals surface area contributed by atoms with Crippen LogP contribution in [0.1, 0.15) is 19.3 Å². The van der Waals surface area contributed by atoms with Gasteiger partial charge >= 0.3 is 0 Å². The topological polar surface area (TPSA) is 44.4 Å². The summed E-state index contributed by atoms with van der Waals surface area (Å²) in [7, 11) is 1.93. The van der Waals surface area contributed by atoms with Crippen molar-refractivity contribution >= 4 is 11.6 Å². The molecule has 5 heteroatoms. The Morgan fingerprint density at radius 2 is 2.35 bits per heavy atom.